The largest absolute Gasteiger partial charge is 0.292 e. The minimum Gasteiger partial charge on any atom is -0.292 e. The van der Waals surface area contributed by atoms with Crippen LogP contribution >= 0.6 is 11.8 Å². The van der Waals surface area contributed by atoms with E-state index in [0.717, 1.165) is 0 Å². The Labute approximate surface area is 108 Å². The second-order valence-corrected chi connectivity index (χ2v) is 4.43. The van der Waals surface area contributed by atoms with Crippen LogP contribution in [0.3, 0.4) is 0 Å². The summed E-state index contributed by atoms with van der Waals surface area (Å²) < 4.78 is 13.0. The maximum absolute atomic E-state index is 13.0. The Morgan fingerprint density at radius 3 is 2.94 bits per heavy atom. The second kappa shape index (κ2) is 5.73. The summed E-state index contributed by atoms with van der Waals surface area (Å²) in [6.45, 7) is 0. The third-order valence-corrected chi connectivity index (χ3v) is 2.92. The first-order valence-electron chi connectivity index (χ1n) is 5.33. The molecule has 0 N–H and O–H groups in total. The quantitative estimate of drug-likeness (QED) is 0.483. The smallest absolute Gasteiger partial charge is 0.187 e. The molecule has 0 saturated heterocycles. The van der Waals surface area contributed by atoms with Crippen molar-refractivity contribution >= 4 is 17.5 Å². The molecule has 0 saturated carbocycles. The van der Waals surface area contributed by atoms with Gasteiger partial charge in [0.25, 0.3) is 0 Å². The van der Waals surface area contributed by atoms with Crippen LogP contribution in [-0.4, -0.2) is 22.0 Å². The van der Waals surface area contributed by atoms with Gasteiger partial charge >= 0.3 is 0 Å². The summed E-state index contributed by atoms with van der Waals surface area (Å²) in [4.78, 5) is 20.1. The SMILES string of the molecule is CSc1nccc(C(=O)Cc2cccc(F)c2)n1. The maximum Gasteiger partial charge on any atom is 0.187 e. The van der Waals surface area contributed by atoms with Crippen LogP contribution < -0.4 is 0 Å². The van der Waals surface area contributed by atoms with Crippen molar-refractivity contribution in [3.05, 3.63) is 53.6 Å². The summed E-state index contributed by atoms with van der Waals surface area (Å²) in [5.74, 6) is -0.480. The predicted molar refractivity (Wildman–Crippen MR) is 68.2 cm³/mol. The lowest BCUT2D eigenvalue weighted by atomic mass is 10.1. The zero-order chi connectivity index (χ0) is 13.0. The van der Waals surface area contributed by atoms with Crippen LogP contribution in [0.25, 0.3) is 0 Å². The number of halogens is 1. The van der Waals surface area contributed by atoms with Gasteiger partial charge in [-0.15, -0.1) is 0 Å². The highest BCUT2D eigenvalue weighted by atomic mass is 32.2. The van der Waals surface area contributed by atoms with Crippen molar-refractivity contribution in [3.8, 4) is 0 Å². The van der Waals surface area contributed by atoms with E-state index in [4.69, 9.17) is 0 Å². The van der Waals surface area contributed by atoms with Crippen molar-refractivity contribution in [3.63, 3.8) is 0 Å². The first kappa shape index (κ1) is 12.7. The Balaban J connectivity index is 2.16. The van der Waals surface area contributed by atoms with Crippen LogP contribution in [-0.2, 0) is 6.42 Å². The summed E-state index contributed by atoms with van der Waals surface area (Å²) in [6, 6.07) is 7.59. The number of aromatic nitrogens is 2. The molecule has 92 valence electrons. The Morgan fingerprint density at radius 2 is 2.22 bits per heavy atom. The Bertz CT molecular complexity index is 574. The normalized spacial score (nSPS) is 10.3. The number of carbonyl (C=O) groups is 1. The highest BCUT2D eigenvalue weighted by Gasteiger charge is 2.10. The fourth-order valence-electron chi connectivity index (χ4n) is 1.52. The van der Waals surface area contributed by atoms with Gasteiger partial charge in [-0.25, -0.2) is 14.4 Å². The van der Waals surface area contributed by atoms with Gasteiger partial charge in [0, 0.05) is 12.6 Å². The zero-order valence-corrected chi connectivity index (χ0v) is 10.6. The molecule has 1 aromatic heterocycles. The molecule has 0 fully saturated rings. The predicted octanol–water partition coefficient (Wildman–Crippen LogP) is 2.76. The molecule has 0 amide bonds. The van der Waals surface area contributed by atoms with Gasteiger partial charge in [-0.2, -0.15) is 0 Å². The van der Waals surface area contributed by atoms with E-state index in [0.29, 0.717) is 16.4 Å². The molecule has 18 heavy (non-hydrogen) atoms. The lowest BCUT2D eigenvalue weighted by Crippen LogP contribution is -2.07. The number of carbonyl (C=O) groups excluding carboxylic acids is 1. The van der Waals surface area contributed by atoms with Gasteiger partial charge in [0.1, 0.15) is 11.5 Å². The molecule has 2 rings (SSSR count). The van der Waals surface area contributed by atoms with E-state index >= 15 is 0 Å². The van der Waals surface area contributed by atoms with E-state index in [2.05, 4.69) is 9.97 Å². The number of benzene rings is 1. The molecule has 1 aromatic carbocycles. The maximum atomic E-state index is 13.0. The van der Waals surface area contributed by atoms with Crippen LogP contribution in [0.4, 0.5) is 4.39 Å². The lowest BCUT2D eigenvalue weighted by molar-refractivity contribution is 0.0987. The van der Waals surface area contributed by atoms with E-state index < -0.39 is 0 Å². The molecule has 0 unspecified atom stereocenters. The third kappa shape index (κ3) is 3.13. The molecule has 5 heteroatoms. The van der Waals surface area contributed by atoms with Gasteiger partial charge in [0.2, 0.25) is 0 Å². The number of hydrogen-bond donors (Lipinski definition) is 0. The number of thioether (sulfide) groups is 1. The molecular weight excluding hydrogens is 251 g/mol. The first-order chi connectivity index (χ1) is 8.69. The summed E-state index contributed by atoms with van der Waals surface area (Å²) in [5.41, 5.74) is 1.00. The van der Waals surface area contributed by atoms with Gasteiger partial charge in [0.05, 0.1) is 0 Å². The van der Waals surface area contributed by atoms with Gasteiger partial charge < -0.3 is 0 Å². The number of Topliss-reactive ketones (excluding diaryl/α,β-unsaturated/α-hetero) is 1. The first-order valence-corrected chi connectivity index (χ1v) is 6.56. The second-order valence-electron chi connectivity index (χ2n) is 3.66. The molecular formula is C13H11FN2OS. The standard InChI is InChI=1S/C13H11FN2OS/c1-18-13-15-6-5-11(16-13)12(17)8-9-3-2-4-10(14)7-9/h2-7H,8H2,1H3. The summed E-state index contributed by atoms with van der Waals surface area (Å²) >= 11 is 1.37. The Kier molecular flexibility index (Phi) is 4.04. The van der Waals surface area contributed by atoms with Gasteiger partial charge in [-0.3, -0.25) is 4.79 Å². The molecule has 0 bridgehead atoms. The summed E-state index contributed by atoms with van der Waals surface area (Å²) in [5, 5.41) is 0.556. The zero-order valence-electron chi connectivity index (χ0n) is 9.76. The van der Waals surface area contributed by atoms with Crippen molar-refractivity contribution in [2.45, 2.75) is 11.6 Å². The molecule has 0 atom stereocenters. The monoisotopic (exact) mass is 262 g/mol. The minimum atomic E-state index is -0.340. The molecule has 0 radical (unpaired) electrons. The molecule has 0 aliphatic heterocycles. The van der Waals surface area contributed by atoms with Crippen LogP contribution in [0, 0.1) is 5.82 Å². The van der Waals surface area contributed by atoms with Crippen LogP contribution in [0.1, 0.15) is 16.1 Å². The van der Waals surface area contributed by atoms with Crippen molar-refractivity contribution in [2.24, 2.45) is 0 Å². The molecule has 0 spiro atoms. The fraction of sp³-hybridized carbons (Fsp3) is 0.154. The molecule has 0 aliphatic rings. The lowest BCUT2D eigenvalue weighted by Gasteiger charge is -2.02. The van der Waals surface area contributed by atoms with Crippen molar-refractivity contribution in [2.75, 3.05) is 6.26 Å². The summed E-state index contributed by atoms with van der Waals surface area (Å²) in [6.07, 6.45) is 3.54. The number of ketones is 1. The van der Waals surface area contributed by atoms with E-state index in [-0.39, 0.29) is 18.0 Å². The minimum absolute atomic E-state index is 0.140. The Morgan fingerprint density at radius 1 is 1.39 bits per heavy atom. The molecule has 3 nitrogen and oxygen atoms in total. The highest BCUT2D eigenvalue weighted by molar-refractivity contribution is 7.98. The Hall–Kier alpha value is -1.75. The van der Waals surface area contributed by atoms with E-state index in [9.17, 15) is 9.18 Å². The van der Waals surface area contributed by atoms with E-state index in [1.165, 1.54) is 23.9 Å². The van der Waals surface area contributed by atoms with Gasteiger partial charge in [0.15, 0.2) is 10.9 Å². The van der Waals surface area contributed by atoms with Crippen molar-refractivity contribution < 1.29 is 9.18 Å². The number of rotatable bonds is 4. The van der Waals surface area contributed by atoms with Crippen LogP contribution in [0.15, 0.2) is 41.7 Å². The molecule has 0 aliphatic carbocycles. The summed E-state index contributed by atoms with van der Waals surface area (Å²) in [7, 11) is 0. The van der Waals surface area contributed by atoms with E-state index in [1.807, 2.05) is 6.26 Å². The number of nitrogens with zero attached hydrogens (tertiary/aromatic N) is 2. The van der Waals surface area contributed by atoms with Crippen LogP contribution in [0.5, 0.6) is 0 Å². The van der Waals surface area contributed by atoms with Crippen molar-refractivity contribution in [1.29, 1.82) is 0 Å². The molecule has 2 aromatic rings. The van der Waals surface area contributed by atoms with Crippen LogP contribution in [0.2, 0.25) is 0 Å². The molecule has 1 heterocycles. The average Bonchev–Trinajstić information content (AvgIpc) is 2.39. The topological polar surface area (TPSA) is 42.9 Å². The van der Waals surface area contributed by atoms with Crippen molar-refractivity contribution in [1.82, 2.24) is 9.97 Å². The van der Waals surface area contributed by atoms with Gasteiger partial charge in [-0.05, 0) is 30.0 Å². The third-order valence-electron chi connectivity index (χ3n) is 2.36. The van der Waals surface area contributed by atoms with Gasteiger partial charge in [-0.1, -0.05) is 23.9 Å². The van der Waals surface area contributed by atoms with E-state index in [1.54, 1.807) is 24.4 Å². The fourth-order valence-corrected chi connectivity index (χ4v) is 1.87. The highest BCUT2D eigenvalue weighted by Crippen LogP contribution is 2.11. The average molecular weight is 262 g/mol. The number of hydrogen-bond acceptors (Lipinski definition) is 4.